The van der Waals surface area contributed by atoms with E-state index < -0.39 is 17.9 Å². The molecule has 1 aliphatic carbocycles. The average Bonchev–Trinajstić information content (AvgIpc) is 2.02. The van der Waals surface area contributed by atoms with Crippen LogP contribution in [0.15, 0.2) is 0 Å². The summed E-state index contributed by atoms with van der Waals surface area (Å²) in [5.74, 6) is -1.50. The van der Waals surface area contributed by atoms with E-state index in [0.29, 0.717) is 6.04 Å². The molecule has 0 aromatic carbocycles. The Labute approximate surface area is 77.1 Å². The standard InChI is InChI=1S/C8H15N3O2/c1-10-8(6(12)7(9)13)11-5-3-2-4-5/h5,8,10-11H,2-4H2,1H3,(H2,9,13). The Morgan fingerprint density at radius 3 is 2.38 bits per heavy atom. The van der Waals surface area contributed by atoms with Crippen LogP contribution >= 0.6 is 0 Å². The summed E-state index contributed by atoms with van der Waals surface area (Å²) in [5.41, 5.74) is 4.88. The molecule has 0 aromatic heterocycles. The van der Waals surface area contributed by atoms with Gasteiger partial charge in [-0.2, -0.15) is 0 Å². The highest BCUT2D eigenvalue weighted by Gasteiger charge is 2.26. The minimum atomic E-state index is -0.897. The third kappa shape index (κ3) is 2.50. The largest absolute Gasteiger partial charge is 0.363 e. The Balaban J connectivity index is 2.41. The van der Waals surface area contributed by atoms with Crippen LogP contribution < -0.4 is 16.4 Å². The van der Waals surface area contributed by atoms with E-state index in [2.05, 4.69) is 10.6 Å². The van der Waals surface area contributed by atoms with Gasteiger partial charge < -0.3 is 5.73 Å². The van der Waals surface area contributed by atoms with E-state index in [1.165, 1.54) is 6.42 Å². The zero-order valence-corrected chi connectivity index (χ0v) is 7.67. The monoisotopic (exact) mass is 185 g/mol. The van der Waals surface area contributed by atoms with Gasteiger partial charge in [-0.05, 0) is 19.9 Å². The minimum absolute atomic E-state index is 0.348. The van der Waals surface area contributed by atoms with Crippen molar-refractivity contribution < 1.29 is 9.59 Å². The molecule has 5 nitrogen and oxygen atoms in total. The van der Waals surface area contributed by atoms with Crippen molar-refractivity contribution in [1.29, 1.82) is 0 Å². The first-order valence-corrected chi connectivity index (χ1v) is 4.42. The van der Waals surface area contributed by atoms with E-state index >= 15 is 0 Å². The van der Waals surface area contributed by atoms with Crippen LogP contribution in [0.25, 0.3) is 0 Å². The summed E-state index contributed by atoms with van der Waals surface area (Å²) in [7, 11) is 1.62. The molecule has 1 saturated carbocycles. The fourth-order valence-electron chi connectivity index (χ4n) is 1.24. The molecule has 0 spiro atoms. The smallest absolute Gasteiger partial charge is 0.287 e. The van der Waals surface area contributed by atoms with E-state index in [4.69, 9.17) is 5.73 Å². The first-order chi connectivity index (χ1) is 6.15. The van der Waals surface area contributed by atoms with Crippen molar-refractivity contribution in [3.05, 3.63) is 0 Å². The maximum absolute atomic E-state index is 11.2. The van der Waals surface area contributed by atoms with Gasteiger partial charge in [0.1, 0.15) is 6.17 Å². The number of Topliss-reactive ketones (excluding diaryl/α,β-unsaturated/α-hetero) is 1. The summed E-state index contributed by atoms with van der Waals surface area (Å²) in [5, 5.41) is 5.74. The van der Waals surface area contributed by atoms with Gasteiger partial charge in [-0.15, -0.1) is 0 Å². The molecule has 1 amide bonds. The van der Waals surface area contributed by atoms with Gasteiger partial charge in [0, 0.05) is 6.04 Å². The summed E-state index contributed by atoms with van der Waals surface area (Å²) in [6, 6.07) is 0.348. The number of primary amides is 1. The van der Waals surface area contributed by atoms with Crippen LogP contribution in [0.1, 0.15) is 19.3 Å². The average molecular weight is 185 g/mol. The molecule has 4 N–H and O–H groups in total. The van der Waals surface area contributed by atoms with Crippen LogP contribution in [-0.2, 0) is 9.59 Å². The van der Waals surface area contributed by atoms with Gasteiger partial charge >= 0.3 is 0 Å². The number of nitrogens with two attached hydrogens (primary N) is 1. The second-order valence-corrected chi connectivity index (χ2v) is 3.24. The molecule has 1 rings (SSSR count). The van der Waals surface area contributed by atoms with Crippen molar-refractivity contribution in [3.63, 3.8) is 0 Å². The molecule has 0 aromatic rings. The molecular formula is C8H15N3O2. The van der Waals surface area contributed by atoms with E-state index in [1.54, 1.807) is 7.05 Å². The van der Waals surface area contributed by atoms with Gasteiger partial charge in [0.15, 0.2) is 0 Å². The van der Waals surface area contributed by atoms with Gasteiger partial charge in [0.2, 0.25) is 0 Å². The normalized spacial score (nSPS) is 19.2. The number of carbonyl (C=O) groups excluding carboxylic acids is 2. The van der Waals surface area contributed by atoms with Gasteiger partial charge in [-0.3, -0.25) is 20.2 Å². The molecule has 0 saturated heterocycles. The van der Waals surface area contributed by atoms with Crippen LogP contribution in [-0.4, -0.2) is 30.9 Å². The Kier molecular flexibility index (Phi) is 3.39. The van der Waals surface area contributed by atoms with Crippen LogP contribution in [0, 0.1) is 0 Å². The number of rotatable bonds is 5. The topological polar surface area (TPSA) is 84.2 Å². The number of hydrogen-bond donors (Lipinski definition) is 3. The number of nitrogens with one attached hydrogen (secondary N) is 2. The van der Waals surface area contributed by atoms with Crippen LogP contribution in [0.4, 0.5) is 0 Å². The first kappa shape index (κ1) is 10.1. The maximum Gasteiger partial charge on any atom is 0.287 e. The van der Waals surface area contributed by atoms with Crippen molar-refractivity contribution in [1.82, 2.24) is 10.6 Å². The van der Waals surface area contributed by atoms with Crippen LogP contribution in [0.5, 0.6) is 0 Å². The van der Waals surface area contributed by atoms with E-state index in [9.17, 15) is 9.59 Å². The molecule has 1 aliphatic rings. The maximum atomic E-state index is 11.2. The summed E-state index contributed by atoms with van der Waals surface area (Å²) in [4.78, 5) is 21.7. The zero-order chi connectivity index (χ0) is 9.84. The highest BCUT2D eigenvalue weighted by Crippen LogP contribution is 2.18. The molecule has 0 bridgehead atoms. The van der Waals surface area contributed by atoms with Crippen molar-refractivity contribution >= 4 is 11.7 Å². The number of ketones is 1. The molecular weight excluding hydrogens is 170 g/mol. The quantitative estimate of drug-likeness (QED) is 0.368. The number of likely N-dealkylation sites (N-methyl/N-ethyl adjacent to an activating group) is 1. The number of carbonyl (C=O) groups is 2. The predicted molar refractivity (Wildman–Crippen MR) is 47.8 cm³/mol. The van der Waals surface area contributed by atoms with Crippen molar-refractivity contribution in [2.45, 2.75) is 31.5 Å². The zero-order valence-electron chi connectivity index (χ0n) is 7.67. The Morgan fingerprint density at radius 1 is 1.46 bits per heavy atom. The molecule has 0 radical (unpaired) electrons. The summed E-state index contributed by atoms with van der Waals surface area (Å²) in [6.45, 7) is 0. The number of hydrogen-bond acceptors (Lipinski definition) is 4. The predicted octanol–water partition coefficient (Wildman–Crippen LogP) is -1.27. The van der Waals surface area contributed by atoms with Gasteiger partial charge in [-0.1, -0.05) is 6.42 Å². The Bertz CT molecular complexity index is 213. The SMILES string of the molecule is CNC(NC1CCC1)C(=O)C(N)=O. The minimum Gasteiger partial charge on any atom is -0.363 e. The first-order valence-electron chi connectivity index (χ1n) is 4.42. The summed E-state index contributed by atoms with van der Waals surface area (Å²) in [6.07, 6.45) is 2.68. The molecule has 13 heavy (non-hydrogen) atoms. The van der Waals surface area contributed by atoms with Crippen LogP contribution in [0.2, 0.25) is 0 Å². The van der Waals surface area contributed by atoms with Gasteiger partial charge in [-0.25, -0.2) is 0 Å². The van der Waals surface area contributed by atoms with E-state index in [1.807, 2.05) is 0 Å². The fourth-order valence-corrected chi connectivity index (χ4v) is 1.24. The van der Waals surface area contributed by atoms with Crippen LogP contribution in [0.3, 0.4) is 0 Å². The highest BCUT2D eigenvalue weighted by atomic mass is 16.2. The van der Waals surface area contributed by atoms with Gasteiger partial charge in [0.25, 0.3) is 11.7 Å². The second-order valence-electron chi connectivity index (χ2n) is 3.24. The molecule has 0 heterocycles. The lowest BCUT2D eigenvalue weighted by Gasteiger charge is -2.30. The molecule has 74 valence electrons. The lowest BCUT2D eigenvalue weighted by atomic mass is 9.93. The van der Waals surface area contributed by atoms with Gasteiger partial charge in [0.05, 0.1) is 0 Å². The molecule has 1 atom stereocenters. The van der Waals surface area contributed by atoms with E-state index in [0.717, 1.165) is 12.8 Å². The summed E-state index contributed by atoms with van der Waals surface area (Å²) < 4.78 is 0. The van der Waals surface area contributed by atoms with Crippen molar-refractivity contribution in [2.24, 2.45) is 5.73 Å². The van der Waals surface area contributed by atoms with Crippen molar-refractivity contribution in [3.8, 4) is 0 Å². The summed E-state index contributed by atoms with van der Waals surface area (Å²) >= 11 is 0. The molecule has 1 unspecified atom stereocenters. The number of amides is 1. The molecule has 0 aliphatic heterocycles. The third-order valence-electron chi connectivity index (χ3n) is 2.30. The van der Waals surface area contributed by atoms with E-state index in [-0.39, 0.29) is 0 Å². The van der Waals surface area contributed by atoms with Crippen molar-refractivity contribution in [2.75, 3.05) is 7.05 Å². The molecule has 5 heteroatoms. The molecule has 1 fully saturated rings. The lowest BCUT2D eigenvalue weighted by Crippen LogP contribution is -2.55. The highest BCUT2D eigenvalue weighted by molar-refractivity contribution is 6.37. The lowest BCUT2D eigenvalue weighted by molar-refractivity contribution is -0.137. The third-order valence-corrected chi connectivity index (χ3v) is 2.30. The fraction of sp³-hybridized carbons (Fsp3) is 0.750. The second kappa shape index (κ2) is 4.34. The Morgan fingerprint density at radius 2 is 2.08 bits per heavy atom. The Hall–Kier alpha value is -0.940.